The lowest BCUT2D eigenvalue weighted by Gasteiger charge is -2.19. The van der Waals surface area contributed by atoms with Crippen molar-refractivity contribution in [1.29, 1.82) is 0 Å². The van der Waals surface area contributed by atoms with Crippen molar-refractivity contribution in [3.63, 3.8) is 0 Å². The molecule has 0 aliphatic heterocycles. The first-order valence-corrected chi connectivity index (χ1v) is 7.76. The Kier molecular flexibility index (Phi) is 5.75. The number of rotatable bonds is 6. The number of hydrogen-bond donors (Lipinski definition) is 2. The molecule has 1 amide bonds. The number of halogens is 1. The first-order chi connectivity index (χ1) is 11.8. The molecule has 0 spiro atoms. The van der Waals surface area contributed by atoms with E-state index >= 15 is 0 Å². The molecule has 0 heterocycles. The zero-order valence-corrected chi connectivity index (χ0v) is 14.2. The van der Waals surface area contributed by atoms with Crippen LogP contribution in [0.4, 0.5) is 4.39 Å². The Labute approximate surface area is 145 Å². The fraction of sp³-hybridized carbons (Fsp3) is 0.263. The number of aliphatic carboxylic acids is 1. The SMILES string of the molecule is COc1cccc(C(C)C(=O)NC(C(=O)O)c2ccc(F)c(C)c2)c1. The smallest absolute Gasteiger partial charge is 0.330 e. The molecule has 2 N–H and O–H groups in total. The second kappa shape index (κ2) is 7.79. The van der Waals surface area contributed by atoms with Crippen LogP contribution in [0.1, 0.15) is 35.6 Å². The number of carboxylic acid groups (broad SMARTS) is 1. The van der Waals surface area contributed by atoms with Crippen LogP contribution in [0.25, 0.3) is 0 Å². The zero-order chi connectivity index (χ0) is 18.6. The van der Waals surface area contributed by atoms with Gasteiger partial charge in [0.1, 0.15) is 11.6 Å². The quantitative estimate of drug-likeness (QED) is 0.843. The van der Waals surface area contributed by atoms with Crippen LogP contribution in [-0.4, -0.2) is 24.1 Å². The molecular weight excluding hydrogens is 325 g/mol. The summed E-state index contributed by atoms with van der Waals surface area (Å²) in [7, 11) is 1.53. The molecule has 25 heavy (non-hydrogen) atoms. The van der Waals surface area contributed by atoms with E-state index in [0.29, 0.717) is 22.4 Å². The number of methoxy groups -OCH3 is 1. The molecule has 0 radical (unpaired) electrons. The molecular formula is C19H20FNO4. The first-order valence-electron chi connectivity index (χ1n) is 7.76. The molecule has 0 saturated carbocycles. The van der Waals surface area contributed by atoms with Crippen LogP contribution in [0, 0.1) is 12.7 Å². The summed E-state index contributed by atoms with van der Waals surface area (Å²) in [5, 5.41) is 12.0. The van der Waals surface area contributed by atoms with Crippen molar-refractivity contribution in [2.45, 2.75) is 25.8 Å². The molecule has 0 aliphatic carbocycles. The summed E-state index contributed by atoms with van der Waals surface area (Å²) in [5.74, 6) is -2.04. The van der Waals surface area contributed by atoms with Crippen molar-refractivity contribution >= 4 is 11.9 Å². The van der Waals surface area contributed by atoms with Gasteiger partial charge in [0.25, 0.3) is 0 Å². The summed E-state index contributed by atoms with van der Waals surface area (Å²) in [4.78, 5) is 24.1. The van der Waals surface area contributed by atoms with Crippen LogP contribution >= 0.6 is 0 Å². The summed E-state index contributed by atoms with van der Waals surface area (Å²) in [5.41, 5.74) is 1.34. The fourth-order valence-electron chi connectivity index (χ4n) is 2.46. The highest BCUT2D eigenvalue weighted by molar-refractivity contribution is 5.88. The van der Waals surface area contributed by atoms with Crippen LogP contribution in [0.15, 0.2) is 42.5 Å². The fourth-order valence-corrected chi connectivity index (χ4v) is 2.46. The summed E-state index contributed by atoms with van der Waals surface area (Å²) in [6, 6.07) is 9.73. The molecule has 6 heteroatoms. The molecule has 0 aliphatic rings. The number of carbonyl (C=O) groups is 2. The van der Waals surface area contributed by atoms with E-state index in [2.05, 4.69) is 5.32 Å². The average molecular weight is 345 g/mol. The van der Waals surface area contributed by atoms with Crippen molar-refractivity contribution in [1.82, 2.24) is 5.32 Å². The molecule has 2 aromatic rings. The van der Waals surface area contributed by atoms with Crippen LogP contribution < -0.4 is 10.1 Å². The second-order valence-electron chi connectivity index (χ2n) is 5.79. The van der Waals surface area contributed by atoms with Crippen LogP contribution in [0.3, 0.4) is 0 Å². The summed E-state index contributed by atoms with van der Waals surface area (Å²) >= 11 is 0. The molecule has 0 fully saturated rings. The highest BCUT2D eigenvalue weighted by Gasteiger charge is 2.26. The van der Waals surface area contributed by atoms with Gasteiger partial charge in [-0.3, -0.25) is 4.79 Å². The maximum Gasteiger partial charge on any atom is 0.330 e. The van der Waals surface area contributed by atoms with Gasteiger partial charge in [0.05, 0.1) is 13.0 Å². The third kappa shape index (κ3) is 4.35. The van der Waals surface area contributed by atoms with Crippen molar-refractivity contribution in [2.75, 3.05) is 7.11 Å². The van der Waals surface area contributed by atoms with Crippen molar-refractivity contribution < 1.29 is 23.8 Å². The van der Waals surface area contributed by atoms with Crippen LogP contribution in [0.5, 0.6) is 5.75 Å². The average Bonchev–Trinajstić information content (AvgIpc) is 2.61. The molecule has 0 bridgehead atoms. The first kappa shape index (κ1) is 18.4. The van der Waals surface area contributed by atoms with E-state index < -0.39 is 29.7 Å². The van der Waals surface area contributed by atoms with Crippen LogP contribution in [0.2, 0.25) is 0 Å². The lowest BCUT2D eigenvalue weighted by atomic mass is 9.98. The van der Waals surface area contributed by atoms with E-state index in [-0.39, 0.29) is 0 Å². The molecule has 0 aromatic heterocycles. The van der Waals surface area contributed by atoms with Gasteiger partial charge < -0.3 is 15.2 Å². The second-order valence-corrected chi connectivity index (χ2v) is 5.79. The van der Waals surface area contributed by atoms with Gasteiger partial charge in [-0.25, -0.2) is 9.18 Å². The van der Waals surface area contributed by atoms with Crippen molar-refractivity contribution in [2.24, 2.45) is 0 Å². The Morgan fingerprint density at radius 1 is 1.16 bits per heavy atom. The highest BCUT2D eigenvalue weighted by atomic mass is 19.1. The van der Waals surface area contributed by atoms with Crippen LogP contribution in [-0.2, 0) is 9.59 Å². The molecule has 0 saturated heterocycles. The number of carboxylic acids is 1. The minimum Gasteiger partial charge on any atom is -0.497 e. The Hall–Kier alpha value is -2.89. The zero-order valence-electron chi connectivity index (χ0n) is 14.2. The molecule has 2 unspecified atom stereocenters. The Morgan fingerprint density at radius 3 is 2.48 bits per heavy atom. The van der Waals surface area contributed by atoms with E-state index in [9.17, 15) is 19.1 Å². The van der Waals surface area contributed by atoms with Gasteiger partial charge >= 0.3 is 5.97 Å². The Balaban J connectivity index is 2.22. The van der Waals surface area contributed by atoms with Crippen molar-refractivity contribution in [3.05, 3.63) is 65.0 Å². The van der Waals surface area contributed by atoms with Crippen molar-refractivity contribution in [3.8, 4) is 5.75 Å². The third-order valence-corrected chi connectivity index (χ3v) is 4.04. The van der Waals surface area contributed by atoms with Gasteiger partial charge in [-0.1, -0.05) is 24.3 Å². The number of nitrogens with one attached hydrogen (secondary N) is 1. The number of ether oxygens (including phenoxy) is 1. The third-order valence-electron chi connectivity index (χ3n) is 4.04. The van der Waals surface area contributed by atoms with Gasteiger partial charge in [0.15, 0.2) is 6.04 Å². The monoisotopic (exact) mass is 345 g/mol. The molecule has 5 nitrogen and oxygen atoms in total. The maximum absolute atomic E-state index is 13.4. The summed E-state index contributed by atoms with van der Waals surface area (Å²) in [6.07, 6.45) is 0. The van der Waals surface area contributed by atoms with Gasteiger partial charge in [0, 0.05) is 0 Å². The molecule has 2 aromatic carbocycles. The standard InChI is InChI=1S/C19H20FNO4/c1-11-9-14(7-8-16(11)20)17(19(23)24)21-18(22)12(2)13-5-4-6-15(10-13)25-3/h4-10,12,17H,1-3H3,(H,21,22)(H,23,24). The number of hydrogen-bond acceptors (Lipinski definition) is 3. The van der Waals surface area contributed by atoms with E-state index in [1.807, 2.05) is 0 Å². The minimum atomic E-state index is -1.25. The minimum absolute atomic E-state index is 0.317. The molecule has 132 valence electrons. The number of benzene rings is 2. The Bertz CT molecular complexity index is 791. The lowest BCUT2D eigenvalue weighted by Crippen LogP contribution is -2.36. The van der Waals surface area contributed by atoms with E-state index in [1.54, 1.807) is 38.1 Å². The topological polar surface area (TPSA) is 75.6 Å². The van der Waals surface area contributed by atoms with E-state index in [0.717, 1.165) is 0 Å². The normalized spacial score (nSPS) is 13.0. The Morgan fingerprint density at radius 2 is 1.88 bits per heavy atom. The molecule has 2 rings (SSSR count). The number of carbonyl (C=O) groups excluding carboxylic acids is 1. The van der Waals surface area contributed by atoms with Gasteiger partial charge in [-0.15, -0.1) is 0 Å². The van der Waals surface area contributed by atoms with Gasteiger partial charge in [-0.2, -0.15) is 0 Å². The van der Waals surface area contributed by atoms with Gasteiger partial charge in [0.2, 0.25) is 5.91 Å². The van der Waals surface area contributed by atoms with Gasteiger partial charge in [-0.05, 0) is 48.7 Å². The highest BCUT2D eigenvalue weighted by Crippen LogP contribution is 2.23. The predicted octanol–water partition coefficient (Wildman–Crippen LogP) is 3.19. The number of aryl methyl sites for hydroxylation is 1. The lowest BCUT2D eigenvalue weighted by molar-refractivity contribution is -0.142. The van der Waals surface area contributed by atoms with E-state index in [4.69, 9.17) is 4.74 Å². The summed E-state index contributed by atoms with van der Waals surface area (Å²) in [6.45, 7) is 3.22. The van der Waals surface area contributed by atoms with E-state index in [1.165, 1.54) is 25.3 Å². The number of amides is 1. The largest absolute Gasteiger partial charge is 0.497 e. The predicted molar refractivity (Wildman–Crippen MR) is 91.1 cm³/mol. The summed E-state index contributed by atoms with van der Waals surface area (Å²) < 4.78 is 18.5. The maximum atomic E-state index is 13.4. The molecule has 2 atom stereocenters.